The summed E-state index contributed by atoms with van der Waals surface area (Å²) in [6.45, 7) is 3.82. The van der Waals surface area contributed by atoms with Crippen molar-refractivity contribution in [2.24, 2.45) is 0 Å². The highest BCUT2D eigenvalue weighted by Gasteiger charge is 2.38. The SMILES string of the molecule is CC(C)N1C(=O)c2ccc(Oc3ccccc3)cc2C1C#N. The Hall–Kier alpha value is -2.80. The minimum absolute atomic E-state index is 0.0250. The molecule has 0 radical (unpaired) electrons. The lowest BCUT2D eigenvalue weighted by molar-refractivity contribution is 0.0704. The van der Waals surface area contributed by atoms with Crippen LogP contribution in [-0.4, -0.2) is 16.8 Å². The number of para-hydroxylation sites is 1. The van der Waals surface area contributed by atoms with Crippen LogP contribution in [0.15, 0.2) is 48.5 Å². The molecule has 1 unspecified atom stereocenters. The molecule has 4 heteroatoms. The monoisotopic (exact) mass is 292 g/mol. The lowest BCUT2D eigenvalue weighted by Gasteiger charge is -2.24. The molecule has 0 bridgehead atoms. The van der Waals surface area contributed by atoms with Crippen molar-refractivity contribution in [1.29, 1.82) is 5.26 Å². The van der Waals surface area contributed by atoms with Crippen molar-refractivity contribution < 1.29 is 9.53 Å². The van der Waals surface area contributed by atoms with E-state index >= 15 is 0 Å². The molecule has 0 spiro atoms. The van der Waals surface area contributed by atoms with Gasteiger partial charge in [-0.05, 0) is 44.2 Å². The molecule has 0 saturated carbocycles. The number of hydrogen-bond donors (Lipinski definition) is 0. The molecule has 22 heavy (non-hydrogen) atoms. The molecule has 1 aliphatic heterocycles. The molecule has 1 amide bonds. The number of carbonyl (C=O) groups excluding carboxylic acids is 1. The predicted octanol–water partition coefficient (Wildman–Crippen LogP) is 3.91. The minimum Gasteiger partial charge on any atom is -0.457 e. The summed E-state index contributed by atoms with van der Waals surface area (Å²) in [6, 6.07) is 16.4. The molecule has 0 aromatic heterocycles. The van der Waals surface area contributed by atoms with E-state index in [1.54, 1.807) is 23.1 Å². The van der Waals surface area contributed by atoms with E-state index in [0.717, 1.165) is 11.3 Å². The van der Waals surface area contributed by atoms with Crippen LogP contribution in [0.2, 0.25) is 0 Å². The van der Waals surface area contributed by atoms with Crippen molar-refractivity contribution in [2.75, 3.05) is 0 Å². The largest absolute Gasteiger partial charge is 0.457 e. The number of nitriles is 1. The molecule has 0 N–H and O–H groups in total. The molecule has 1 heterocycles. The highest BCUT2D eigenvalue weighted by Crippen LogP contribution is 2.37. The Morgan fingerprint density at radius 3 is 2.50 bits per heavy atom. The fourth-order valence-electron chi connectivity index (χ4n) is 2.72. The molecule has 0 fully saturated rings. The number of hydrogen-bond acceptors (Lipinski definition) is 3. The maximum atomic E-state index is 12.4. The van der Waals surface area contributed by atoms with Gasteiger partial charge < -0.3 is 9.64 Å². The topological polar surface area (TPSA) is 53.3 Å². The maximum absolute atomic E-state index is 12.4. The molecule has 2 aromatic rings. The van der Waals surface area contributed by atoms with Crippen LogP contribution in [0.1, 0.15) is 35.8 Å². The summed E-state index contributed by atoms with van der Waals surface area (Å²) in [5, 5.41) is 9.45. The third kappa shape index (κ3) is 2.31. The fraction of sp³-hybridized carbons (Fsp3) is 0.222. The first kappa shape index (κ1) is 14.2. The highest BCUT2D eigenvalue weighted by atomic mass is 16.5. The zero-order valence-electron chi connectivity index (χ0n) is 12.5. The zero-order valence-corrected chi connectivity index (χ0v) is 12.5. The number of nitrogens with zero attached hydrogens (tertiary/aromatic N) is 2. The zero-order chi connectivity index (χ0) is 15.7. The molecule has 2 aromatic carbocycles. The third-order valence-electron chi connectivity index (χ3n) is 3.72. The van der Waals surface area contributed by atoms with Gasteiger partial charge in [-0.1, -0.05) is 18.2 Å². The first-order valence-electron chi connectivity index (χ1n) is 7.21. The molecule has 110 valence electrons. The average Bonchev–Trinajstić information content (AvgIpc) is 2.80. The first-order chi connectivity index (χ1) is 10.6. The quantitative estimate of drug-likeness (QED) is 0.862. The number of carbonyl (C=O) groups is 1. The average molecular weight is 292 g/mol. The van der Waals surface area contributed by atoms with Crippen LogP contribution in [0, 0.1) is 11.3 Å². The molecular formula is C18H16N2O2. The van der Waals surface area contributed by atoms with E-state index in [-0.39, 0.29) is 11.9 Å². The van der Waals surface area contributed by atoms with E-state index in [1.807, 2.05) is 44.2 Å². The van der Waals surface area contributed by atoms with Crippen molar-refractivity contribution in [1.82, 2.24) is 4.90 Å². The number of ether oxygens (including phenoxy) is 1. The van der Waals surface area contributed by atoms with E-state index in [4.69, 9.17) is 4.74 Å². The lowest BCUT2D eigenvalue weighted by atomic mass is 10.0. The van der Waals surface area contributed by atoms with Gasteiger partial charge in [-0.2, -0.15) is 5.26 Å². The molecule has 0 saturated heterocycles. The summed E-state index contributed by atoms with van der Waals surface area (Å²) in [5.41, 5.74) is 1.30. The Bertz CT molecular complexity index is 747. The van der Waals surface area contributed by atoms with Crippen LogP contribution in [0.25, 0.3) is 0 Å². The van der Waals surface area contributed by atoms with Crippen molar-refractivity contribution in [3.05, 3.63) is 59.7 Å². The van der Waals surface area contributed by atoms with Crippen LogP contribution in [0.4, 0.5) is 0 Å². The van der Waals surface area contributed by atoms with E-state index in [2.05, 4.69) is 6.07 Å². The Kier molecular flexibility index (Phi) is 3.56. The van der Waals surface area contributed by atoms with Gasteiger partial charge in [0.1, 0.15) is 17.5 Å². The summed E-state index contributed by atoms with van der Waals surface area (Å²) >= 11 is 0. The number of benzene rings is 2. The summed E-state index contributed by atoms with van der Waals surface area (Å²) < 4.78 is 5.79. The van der Waals surface area contributed by atoms with E-state index in [1.165, 1.54) is 0 Å². The van der Waals surface area contributed by atoms with Gasteiger partial charge in [-0.25, -0.2) is 0 Å². The third-order valence-corrected chi connectivity index (χ3v) is 3.72. The maximum Gasteiger partial charge on any atom is 0.255 e. The molecule has 1 aliphatic rings. The van der Waals surface area contributed by atoms with Crippen LogP contribution >= 0.6 is 0 Å². The minimum atomic E-state index is -0.554. The van der Waals surface area contributed by atoms with Crippen LogP contribution in [-0.2, 0) is 0 Å². The Morgan fingerprint density at radius 2 is 1.86 bits per heavy atom. The van der Waals surface area contributed by atoms with Gasteiger partial charge in [0.05, 0.1) is 6.07 Å². The second-order valence-corrected chi connectivity index (χ2v) is 5.50. The molecule has 1 atom stereocenters. The number of amides is 1. The van der Waals surface area contributed by atoms with Crippen molar-refractivity contribution in [3.8, 4) is 17.6 Å². The standard InChI is InChI=1S/C18H16N2O2/c1-12(2)20-17(11-19)16-10-14(8-9-15(16)18(20)21)22-13-6-4-3-5-7-13/h3-10,12,17H,1-2H3. The van der Waals surface area contributed by atoms with Crippen molar-refractivity contribution in [2.45, 2.75) is 25.9 Å². The van der Waals surface area contributed by atoms with Crippen LogP contribution in [0.5, 0.6) is 11.5 Å². The van der Waals surface area contributed by atoms with Gasteiger partial charge in [0.15, 0.2) is 0 Å². The Morgan fingerprint density at radius 1 is 1.14 bits per heavy atom. The molecular weight excluding hydrogens is 276 g/mol. The fourth-order valence-corrected chi connectivity index (χ4v) is 2.72. The van der Waals surface area contributed by atoms with Gasteiger partial charge in [-0.15, -0.1) is 0 Å². The second kappa shape index (κ2) is 5.53. The first-order valence-corrected chi connectivity index (χ1v) is 7.21. The van der Waals surface area contributed by atoms with E-state index in [0.29, 0.717) is 11.3 Å². The van der Waals surface area contributed by atoms with Crippen molar-refractivity contribution in [3.63, 3.8) is 0 Å². The van der Waals surface area contributed by atoms with Crippen LogP contribution < -0.4 is 4.74 Å². The summed E-state index contributed by atoms with van der Waals surface area (Å²) in [7, 11) is 0. The second-order valence-electron chi connectivity index (χ2n) is 5.50. The van der Waals surface area contributed by atoms with Crippen LogP contribution in [0.3, 0.4) is 0 Å². The van der Waals surface area contributed by atoms with E-state index < -0.39 is 6.04 Å². The predicted molar refractivity (Wildman–Crippen MR) is 82.6 cm³/mol. The lowest BCUT2D eigenvalue weighted by Crippen LogP contribution is -2.33. The van der Waals surface area contributed by atoms with Gasteiger partial charge >= 0.3 is 0 Å². The smallest absolute Gasteiger partial charge is 0.255 e. The molecule has 3 rings (SSSR count). The van der Waals surface area contributed by atoms with Gasteiger partial charge in [-0.3, -0.25) is 4.79 Å². The summed E-state index contributed by atoms with van der Waals surface area (Å²) in [6.07, 6.45) is 0. The number of rotatable bonds is 3. The normalized spacial score (nSPS) is 16.5. The highest BCUT2D eigenvalue weighted by molar-refractivity contribution is 6.00. The molecule has 4 nitrogen and oxygen atoms in total. The van der Waals surface area contributed by atoms with E-state index in [9.17, 15) is 10.1 Å². The van der Waals surface area contributed by atoms with Gasteiger partial charge in [0.25, 0.3) is 5.91 Å². The van der Waals surface area contributed by atoms with Gasteiger partial charge in [0.2, 0.25) is 0 Å². The molecule has 0 aliphatic carbocycles. The summed E-state index contributed by atoms with van der Waals surface area (Å²) in [5.74, 6) is 1.26. The Balaban J connectivity index is 1.97. The van der Waals surface area contributed by atoms with Gasteiger partial charge in [0, 0.05) is 17.2 Å². The van der Waals surface area contributed by atoms with Crippen molar-refractivity contribution >= 4 is 5.91 Å². The summed E-state index contributed by atoms with van der Waals surface area (Å²) in [4.78, 5) is 14.0. The number of fused-ring (bicyclic) bond motifs is 1. The Labute approximate surface area is 129 Å².